The van der Waals surface area contributed by atoms with E-state index in [0.29, 0.717) is 5.76 Å². The summed E-state index contributed by atoms with van der Waals surface area (Å²) in [5.41, 5.74) is 0.107. The molecule has 1 heterocycles. The Labute approximate surface area is 64.3 Å². The van der Waals surface area contributed by atoms with Gasteiger partial charge >= 0.3 is 5.97 Å². The molecular formula is C8H8O3. The van der Waals surface area contributed by atoms with Crippen molar-refractivity contribution < 1.29 is 14.3 Å². The predicted molar refractivity (Wildman–Crippen MR) is 38.6 cm³/mol. The summed E-state index contributed by atoms with van der Waals surface area (Å²) in [5.74, 6) is -0.482. The lowest BCUT2D eigenvalue weighted by Crippen LogP contribution is -2.18. The largest absolute Gasteiger partial charge is 0.428 e. The number of rotatable bonds is 0. The molecule has 0 amide bonds. The highest BCUT2D eigenvalue weighted by atomic mass is 16.5. The lowest BCUT2D eigenvalue weighted by Gasteiger charge is -2.10. The molecule has 0 unspecified atom stereocenters. The van der Waals surface area contributed by atoms with E-state index in [-0.39, 0.29) is 11.4 Å². The van der Waals surface area contributed by atoms with Gasteiger partial charge in [-0.15, -0.1) is 0 Å². The Morgan fingerprint density at radius 1 is 1.45 bits per heavy atom. The van der Waals surface area contributed by atoms with E-state index >= 15 is 0 Å². The maximum atomic E-state index is 11.0. The highest BCUT2D eigenvalue weighted by Crippen LogP contribution is 2.12. The number of hydrogen-bond acceptors (Lipinski definition) is 3. The minimum Gasteiger partial charge on any atom is -0.428 e. The summed E-state index contributed by atoms with van der Waals surface area (Å²) in [6, 6.07) is 0. The van der Waals surface area contributed by atoms with Crippen LogP contribution in [0.25, 0.3) is 0 Å². The van der Waals surface area contributed by atoms with Crippen LogP contribution in [0.4, 0.5) is 0 Å². The predicted octanol–water partition coefficient (Wildman–Crippen LogP) is 0.962. The number of ketones is 1. The summed E-state index contributed by atoms with van der Waals surface area (Å²) < 4.78 is 4.69. The van der Waals surface area contributed by atoms with E-state index in [1.807, 2.05) is 0 Å². The third-order valence-corrected chi connectivity index (χ3v) is 1.36. The third-order valence-electron chi connectivity index (χ3n) is 1.36. The minimum absolute atomic E-state index is 0.107. The van der Waals surface area contributed by atoms with Crippen LogP contribution >= 0.6 is 0 Å². The molecule has 0 aromatic carbocycles. The molecule has 0 saturated heterocycles. The second kappa shape index (κ2) is 2.70. The summed E-state index contributed by atoms with van der Waals surface area (Å²) >= 11 is 0. The van der Waals surface area contributed by atoms with Gasteiger partial charge in [-0.3, -0.25) is 4.79 Å². The fraction of sp³-hybridized carbons (Fsp3) is 0.250. The van der Waals surface area contributed by atoms with E-state index in [2.05, 4.69) is 0 Å². The van der Waals surface area contributed by atoms with Gasteiger partial charge in [-0.05, 0) is 13.8 Å². The number of esters is 1. The summed E-state index contributed by atoms with van der Waals surface area (Å²) in [6.45, 7) is 3.20. The Morgan fingerprint density at radius 2 is 2.09 bits per heavy atom. The first-order chi connectivity index (χ1) is 5.15. The first-order valence-corrected chi connectivity index (χ1v) is 3.26. The average Bonchev–Trinajstić information content (AvgIpc) is 1.85. The van der Waals surface area contributed by atoms with Gasteiger partial charge in [-0.25, -0.2) is 4.79 Å². The van der Waals surface area contributed by atoms with Crippen LogP contribution in [0, 0.1) is 0 Å². The second-order valence-electron chi connectivity index (χ2n) is 2.21. The molecule has 3 nitrogen and oxygen atoms in total. The summed E-state index contributed by atoms with van der Waals surface area (Å²) in [4.78, 5) is 21.9. The number of allylic oxidation sites excluding steroid dienone is 3. The Balaban J connectivity index is 3.05. The molecule has 3 heteroatoms. The maximum Gasteiger partial charge on any atom is 0.346 e. The SMILES string of the molecule is C/C=C1/C(=O)C=C(C)OC1=O. The molecule has 0 N–H and O–H groups in total. The van der Waals surface area contributed by atoms with Gasteiger partial charge in [-0.1, -0.05) is 6.08 Å². The van der Waals surface area contributed by atoms with Crippen molar-refractivity contribution in [3.05, 3.63) is 23.5 Å². The monoisotopic (exact) mass is 152 g/mol. The van der Waals surface area contributed by atoms with Crippen LogP contribution in [0.5, 0.6) is 0 Å². The van der Waals surface area contributed by atoms with Crippen molar-refractivity contribution in [2.45, 2.75) is 13.8 Å². The van der Waals surface area contributed by atoms with Gasteiger partial charge in [0, 0.05) is 6.08 Å². The van der Waals surface area contributed by atoms with Crippen LogP contribution in [-0.4, -0.2) is 11.8 Å². The van der Waals surface area contributed by atoms with E-state index in [1.54, 1.807) is 13.8 Å². The molecule has 0 aromatic heterocycles. The van der Waals surface area contributed by atoms with Gasteiger partial charge in [0.2, 0.25) is 0 Å². The van der Waals surface area contributed by atoms with Gasteiger partial charge in [0.1, 0.15) is 11.3 Å². The molecule has 0 bridgehead atoms. The lowest BCUT2D eigenvalue weighted by molar-refractivity contribution is -0.137. The van der Waals surface area contributed by atoms with Crippen molar-refractivity contribution in [3.8, 4) is 0 Å². The van der Waals surface area contributed by atoms with E-state index in [4.69, 9.17) is 4.74 Å². The Bertz CT molecular complexity index is 271. The molecule has 0 spiro atoms. The Morgan fingerprint density at radius 3 is 2.55 bits per heavy atom. The average molecular weight is 152 g/mol. The molecule has 1 rings (SSSR count). The molecule has 0 radical (unpaired) electrons. The van der Waals surface area contributed by atoms with E-state index in [0.717, 1.165) is 0 Å². The summed E-state index contributed by atoms with van der Waals surface area (Å²) in [7, 11) is 0. The molecule has 0 atom stereocenters. The highest BCUT2D eigenvalue weighted by Gasteiger charge is 2.22. The van der Waals surface area contributed by atoms with Crippen LogP contribution in [0.3, 0.4) is 0 Å². The summed E-state index contributed by atoms with van der Waals surface area (Å²) in [6.07, 6.45) is 2.75. The number of cyclic esters (lactones) is 1. The first-order valence-electron chi connectivity index (χ1n) is 3.26. The van der Waals surface area contributed by atoms with Crippen molar-refractivity contribution in [1.82, 2.24) is 0 Å². The zero-order valence-electron chi connectivity index (χ0n) is 6.38. The minimum atomic E-state index is -0.558. The van der Waals surface area contributed by atoms with Crippen molar-refractivity contribution in [3.63, 3.8) is 0 Å². The summed E-state index contributed by atoms with van der Waals surface area (Å²) in [5, 5.41) is 0. The van der Waals surface area contributed by atoms with E-state index in [1.165, 1.54) is 12.2 Å². The second-order valence-corrected chi connectivity index (χ2v) is 2.21. The van der Waals surface area contributed by atoms with E-state index < -0.39 is 5.97 Å². The molecule has 0 fully saturated rings. The smallest absolute Gasteiger partial charge is 0.346 e. The van der Waals surface area contributed by atoms with Crippen LogP contribution in [-0.2, 0) is 14.3 Å². The quantitative estimate of drug-likeness (QED) is 0.295. The zero-order chi connectivity index (χ0) is 8.43. The molecule has 0 aromatic rings. The van der Waals surface area contributed by atoms with Gasteiger partial charge in [-0.2, -0.15) is 0 Å². The Hall–Kier alpha value is -1.38. The van der Waals surface area contributed by atoms with Crippen LogP contribution in [0.15, 0.2) is 23.5 Å². The first kappa shape index (κ1) is 7.72. The van der Waals surface area contributed by atoms with Crippen LogP contribution < -0.4 is 0 Å². The lowest BCUT2D eigenvalue weighted by atomic mass is 10.1. The zero-order valence-corrected chi connectivity index (χ0v) is 6.38. The van der Waals surface area contributed by atoms with Crippen molar-refractivity contribution in [2.75, 3.05) is 0 Å². The fourth-order valence-corrected chi connectivity index (χ4v) is 0.854. The topological polar surface area (TPSA) is 43.4 Å². The maximum absolute atomic E-state index is 11.0. The molecule has 0 saturated carbocycles. The van der Waals surface area contributed by atoms with E-state index in [9.17, 15) is 9.59 Å². The number of ether oxygens (including phenoxy) is 1. The normalized spacial score (nSPS) is 21.6. The van der Waals surface area contributed by atoms with Crippen molar-refractivity contribution in [2.24, 2.45) is 0 Å². The number of carbonyl (C=O) groups excluding carboxylic acids is 2. The number of carbonyl (C=O) groups is 2. The highest BCUT2D eigenvalue weighted by molar-refractivity contribution is 6.23. The molecular weight excluding hydrogens is 144 g/mol. The van der Waals surface area contributed by atoms with Crippen molar-refractivity contribution >= 4 is 11.8 Å². The molecule has 11 heavy (non-hydrogen) atoms. The van der Waals surface area contributed by atoms with Gasteiger partial charge < -0.3 is 4.74 Å². The standard InChI is InChI=1S/C8H8O3/c1-3-6-7(9)4-5(2)11-8(6)10/h3-4H,1-2H3/b6-3-. The number of hydrogen-bond donors (Lipinski definition) is 0. The molecule has 58 valence electrons. The molecule has 1 aliphatic heterocycles. The fourth-order valence-electron chi connectivity index (χ4n) is 0.854. The van der Waals surface area contributed by atoms with Crippen molar-refractivity contribution in [1.29, 1.82) is 0 Å². The molecule has 0 aliphatic carbocycles. The van der Waals surface area contributed by atoms with Gasteiger partial charge in [0.25, 0.3) is 0 Å². The Kier molecular flexibility index (Phi) is 1.89. The molecule has 1 aliphatic rings. The van der Waals surface area contributed by atoms with Crippen LogP contribution in [0.2, 0.25) is 0 Å². The van der Waals surface area contributed by atoms with Crippen LogP contribution in [0.1, 0.15) is 13.8 Å². The van der Waals surface area contributed by atoms with Gasteiger partial charge in [0.15, 0.2) is 5.78 Å². The van der Waals surface area contributed by atoms with Gasteiger partial charge in [0.05, 0.1) is 0 Å². The third kappa shape index (κ3) is 1.37.